The summed E-state index contributed by atoms with van der Waals surface area (Å²) in [5.41, 5.74) is 4.06. The fourth-order valence-corrected chi connectivity index (χ4v) is 2.20. The minimum absolute atomic E-state index is 0.349. The van der Waals surface area contributed by atoms with Crippen molar-refractivity contribution in [2.45, 2.75) is 0 Å². The number of anilines is 1. The minimum Gasteiger partial charge on any atom is -0.465 e. The van der Waals surface area contributed by atoms with E-state index in [-0.39, 0.29) is 5.97 Å². The number of esters is 1. The lowest BCUT2D eigenvalue weighted by Crippen LogP contribution is -2.00. The minimum atomic E-state index is -0.349. The number of nitrogens with zero attached hydrogens (tertiary/aromatic N) is 2. The third-order valence-corrected chi connectivity index (χ3v) is 3.33. The van der Waals surface area contributed by atoms with Crippen molar-refractivity contribution in [2.75, 3.05) is 19.5 Å². The van der Waals surface area contributed by atoms with Gasteiger partial charge in [-0.05, 0) is 18.2 Å². The topological polar surface area (TPSA) is 55.6 Å². The SMILES string of the molecule is CNc1ccn2cc(-c3cccc(C(=O)OC)c3)nc2c1. The first-order valence-electron chi connectivity index (χ1n) is 6.56. The van der Waals surface area contributed by atoms with Crippen LogP contribution in [0.15, 0.2) is 48.8 Å². The van der Waals surface area contributed by atoms with Crippen LogP contribution in [-0.2, 0) is 4.74 Å². The summed E-state index contributed by atoms with van der Waals surface area (Å²) in [5, 5.41) is 3.09. The maximum atomic E-state index is 11.6. The van der Waals surface area contributed by atoms with Gasteiger partial charge in [-0.3, -0.25) is 0 Å². The Balaban J connectivity index is 2.05. The number of pyridine rings is 1. The highest BCUT2D eigenvalue weighted by atomic mass is 16.5. The molecule has 3 aromatic rings. The predicted molar refractivity (Wildman–Crippen MR) is 81.5 cm³/mol. The molecule has 0 spiro atoms. The van der Waals surface area contributed by atoms with Crippen LogP contribution in [0.3, 0.4) is 0 Å². The highest BCUT2D eigenvalue weighted by Gasteiger charge is 2.09. The molecule has 2 heterocycles. The van der Waals surface area contributed by atoms with Crippen molar-refractivity contribution >= 4 is 17.3 Å². The van der Waals surface area contributed by atoms with Gasteiger partial charge in [0.25, 0.3) is 0 Å². The molecular formula is C16H15N3O2. The predicted octanol–water partition coefficient (Wildman–Crippen LogP) is 2.83. The van der Waals surface area contributed by atoms with Crippen molar-refractivity contribution in [2.24, 2.45) is 0 Å². The number of hydrogen-bond acceptors (Lipinski definition) is 4. The third kappa shape index (κ3) is 2.45. The van der Waals surface area contributed by atoms with E-state index >= 15 is 0 Å². The molecule has 1 N–H and O–H groups in total. The lowest BCUT2D eigenvalue weighted by atomic mass is 10.1. The van der Waals surface area contributed by atoms with E-state index < -0.39 is 0 Å². The molecule has 3 rings (SSSR count). The number of rotatable bonds is 3. The number of nitrogens with one attached hydrogen (secondary N) is 1. The fourth-order valence-electron chi connectivity index (χ4n) is 2.20. The van der Waals surface area contributed by atoms with E-state index in [0.717, 1.165) is 22.6 Å². The largest absolute Gasteiger partial charge is 0.465 e. The Bertz CT molecular complexity index is 808. The highest BCUT2D eigenvalue weighted by molar-refractivity contribution is 5.90. The van der Waals surface area contributed by atoms with Crippen LogP contribution < -0.4 is 5.32 Å². The fraction of sp³-hybridized carbons (Fsp3) is 0.125. The summed E-state index contributed by atoms with van der Waals surface area (Å²) in [6.07, 6.45) is 3.88. The summed E-state index contributed by atoms with van der Waals surface area (Å²) in [6, 6.07) is 11.2. The van der Waals surface area contributed by atoms with Crippen LogP contribution in [0.2, 0.25) is 0 Å². The van der Waals surface area contributed by atoms with Crippen molar-refractivity contribution in [3.63, 3.8) is 0 Å². The summed E-state index contributed by atoms with van der Waals surface area (Å²) in [6.45, 7) is 0. The Morgan fingerprint density at radius 1 is 1.29 bits per heavy atom. The van der Waals surface area contributed by atoms with Gasteiger partial charge in [-0.15, -0.1) is 0 Å². The summed E-state index contributed by atoms with van der Waals surface area (Å²) >= 11 is 0. The van der Waals surface area contributed by atoms with Gasteiger partial charge in [-0.2, -0.15) is 0 Å². The zero-order valence-electron chi connectivity index (χ0n) is 11.8. The van der Waals surface area contributed by atoms with Crippen LogP contribution in [0.25, 0.3) is 16.9 Å². The van der Waals surface area contributed by atoms with E-state index in [1.807, 2.05) is 48.1 Å². The summed E-state index contributed by atoms with van der Waals surface area (Å²) in [4.78, 5) is 16.2. The molecule has 0 aliphatic carbocycles. The molecule has 5 nitrogen and oxygen atoms in total. The zero-order valence-corrected chi connectivity index (χ0v) is 11.8. The first-order valence-corrected chi connectivity index (χ1v) is 6.56. The normalized spacial score (nSPS) is 10.6. The number of methoxy groups -OCH3 is 1. The molecule has 0 bridgehead atoms. The monoisotopic (exact) mass is 281 g/mol. The van der Waals surface area contributed by atoms with Gasteiger partial charge < -0.3 is 14.5 Å². The second-order valence-electron chi connectivity index (χ2n) is 4.63. The summed E-state index contributed by atoms with van der Waals surface area (Å²) in [7, 11) is 3.24. The molecule has 5 heteroatoms. The van der Waals surface area contributed by atoms with E-state index in [4.69, 9.17) is 4.74 Å². The highest BCUT2D eigenvalue weighted by Crippen LogP contribution is 2.22. The van der Waals surface area contributed by atoms with E-state index in [1.165, 1.54) is 7.11 Å². The van der Waals surface area contributed by atoms with Gasteiger partial charge in [0.15, 0.2) is 0 Å². The average Bonchev–Trinajstić information content (AvgIpc) is 2.97. The molecule has 0 unspecified atom stereocenters. The van der Waals surface area contributed by atoms with E-state index in [9.17, 15) is 4.79 Å². The molecule has 106 valence electrons. The number of ether oxygens (including phenoxy) is 1. The second-order valence-corrected chi connectivity index (χ2v) is 4.63. The molecule has 0 amide bonds. The number of benzene rings is 1. The molecular weight excluding hydrogens is 266 g/mol. The van der Waals surface area contributed by atoms with Gasteiger partial charge in [-0.25, -0.2) is 9.78 Å². The zero-order chi connectivity index (χ0) is 14.8. The molecule has 0 fully saturated rings. The van der Waals surface area contributed by atoms with Gasteiger partial charge >= 0.3 is 5.97 Å². The van der Waals surface area contributed by atoms with E-state index in [1.54, 1.807) is 12.1 Å². The van der Waals surface area contributed by atoms with Crippen LogP contribution >= 0.6 is 0 Å². The molecule has 1 aromatic carbocycles. The second kappa shape index (κ2) is 5.28. The van der Waals surface area contributed by atoms with Crippen molar-refractivity contribution < 1.29 is 9.53 Å². The lowest BCUT2D eigenvalue weighted by Gasteiger charge is -2.01. The molecule has 0 aliphatic rings. The Morgan fingerprint density at radius 3 is 2.90 bits per heavy atom. The van der Waals surface area contributed by atoms with E-state index in [2.05, 4.69) is 10.3 Å². The molecule has 0 atom stereocenters. The first-order chi connectivity index (χ1) is 10.2. The van der Waals surface area contributed by atoms with Crippen molar-refractivity contribution in [1.82, 2.24) is 9.38 Å². The Kier molecular flexibility index (Phi) is 3.31. The number of imidazole rings is 1. The van der Waals surface area contributed by atoms with Crippen LogP contribution in [-0.4, -0.2) is 29.5 Å². The van der Waals surface area contributed by atoms with Crippen LogP contribution in [0.1, 0.15) is 10.4 Å². The summed E-state index contributed by atoms with van der Waals surface area (Å²) < 4.78 is 6.69. The number of carbonyl (C=O) groups excluding carboxylic acids is 1. The molecule has 0 saturated heterocycles. The molecule has 0 aliphatic heterocycles. The van der Waals surface area contributed by atoms with Crippen molar-refractivity contribution in [3.05, 3.63) is 54.4 Å². The number of carbonyl (C=O) groups is 1. The van der Waals surface area contributed by atoms with Crippen molar-refractivity contribution in [1.29, 1.82) is 0 Å². The number of hydrogen-bond donors (Lipinski definition) is 1. The van der Waals surface area contributed by atoms with Gasteiger partial charge in [0.2, 0.25) is 0 Å². The van der Waals surface area contributed by atoms with Gasteiger partial charge in [0.1, 0.15) is 5.65 Å². The molecule has 0 radical (unpaired) electrons. The first kappa shape index (κ1) is 13.2. The molecule has 0 saturated carbocycles. The lowest BCUT2D eigenvalue weighted by molar-refractivity contribution is 0.0601. The Hall–Kier alpha value is -2.82. The quantitative estimate of drug-likeness (QED) is 0.750. The average molecular weight is 281 g/mol. The number of fused-ring (bicyclic) bond motifs is 1. The molecule has 2 aromatic heterocycles. The van der Waals surface area contributed by atoms with Crippen LogP contribution in [0, 0.1) is 0 Å². The standard InChI is InChI=1S/C16H15N3O2/c1-17-13-6-7-19-10-14(18-15(19)9-13)11-4-3-5-12(8-11)16(20)21-2/h3-10,17H,1-2H3. The van der Waals surface area contributed by atoms with Gasteiger partial charge in [-0.1, -0.05) is 12.1 Å². The smallest absolute Gasteiger partial charge is 0.337 e. The maximum absolute atomic E-state index is 11.6. The van der Waals surface area contributed by atoms with Crippen LogP contribution in [0.4, 0.5) is 5.69 Å². The maximum Gasteiger partial charge on any atom is 0.337 e. The van der Waals surface area contributed by atoms with E-state index in [0.29, 0.717) is 5.56 Å². The summed E-state index contributed by atoms with van der Waals surface area (Å²) in [5.74, 6) is -0.349. The Labute approximate surface area is 122 Å². The third-order valence-electron chi connectivity index (χ3n) is 3.33. The van der Waals surface area contributed by atoms with Crippen molar-refractivity contribution in [3.8, 4) is 11.3 Å². The van der Waals surface area contributed by atoms with Gasteiger partial charge in [0.05, 0.1) is 18.4 Å². The van der Waals surface area contributed by atoms with Crippen LogP contribution in [0.5, 0.6) is 0 Å². The number of aromatic nitrogens is 2. The Morgan fingerprint density at radius 2 is 2.14 bits per heavy atom. The molecule has 21 heavy (non-hydrogen) atoms. The van der Waals surface area contributed by atoms with Gasteiger partial charge in [0, 0.05) is 36.8 Å².